The van der Waals surface area contributed by atoms with Gasteiger partial charge in [0.1, 0.15) is 11.6 Å². The quantitative estimate of drug-likeness (QED) is 0.585. The van der Waals surface area contributed by atoms with E-state index in [4.69, 9.17) is 5.11 Å². The smallest absolute Gasteiger partial charge is 0.326 e. The first-order valence-electron chi connectivity index (χ1n) is 7.84. The van der Waals surface area contributed by atoms with Crippen molar-refractivity contribution in [3.05, 3.63) is 46.2 Å². The molecule has 8 heteroatoms. The van der Waals surface area contributed by atoms with Crippen molar-refractivity contribution >= 4 is 28.7 Å². The zero-order valence-electron chi connectivity index (χ0n) is 13.7. The number of hydrogen-bond acceptors (Lipinski definition) is 4. The summed E-state index contributed by atoms with van der Waals surface area (Å²) in [6.45, 7) is 1.38. The van der Waals surface area contributed by atoms with Crippen LogP contribution in [-0.4, -0.2) is 40.5 Å². The lowest BCUT2D eigenvalue weighted by molar-refractivity contribution is -0.141. The number of carboxylic acid groups (broad SMARTS) is 1. The number of aromatic nitrogens is 1. The summed E-state index contributed by atoms with van der Waals surface area (Å²) in [5, 5.41) is 14.0. The van der Waals surface area contributed by atoms with Crippen molar-refractivity contribution in [1.82, 2.24) is 15.6 Å². The Balaban J connectivity index is 2.03. The van der Waals surface area contributed by atoms with Gasteiger partial charge >= 0.3 is 5.97 Å². The van der Waals surface area contributed by atoms with Crippen LogP contribution in [0.3, 0.4) is 0 Å². The number of para-hydroxylation sites is 1. The van der Waals surface area contributed by atoms with E-state index in [-0.39, 0.29) is 5.56 Å². The highest BCUT2D eigenvalue weighted by atomic mass is 16.4. The van der Waals surface area contributed by atoms with E-state index in [0.717, 1.165) is 0 Å². The van der Waals surface area contributed by atoms with Gasteiger partial charge in [-0.3, -0.25) is 14.4 Å². The minimum absolute atomic E-state index is 0.116. The van der Waals surface area contributed by atoms with E-state index in [0.29, 0.717) is 23.7 Å². The predicted octanol–water partition coefficient (Wildman–Crippen LogP) is 0.627. The van der Waals surface area contributed by atoms with Crippen LogP contribution in [0, 0.1) is 0 Å². The summed E-state index contributed by atoms with van der Waals surface area (Å²) in [4.78, 5) is 50.1. The monoisotopic (exact) mass is 345 g/mol. The van der Waals surface area contributed by atoms with Crippen LogP contribution in [0.25, 0.3) is 10.9 Å². The highest BCUT2D eigenvalue weighted by Crippen LogP contribution is 2.06. The van der Waals surface area contributed by atoms with E-state index in [2.05, 4.69) is 15.6 Å². The molecule has 25 heavy (non-hydrogen) atoms. The Kier molecular flexibility index (Phi) is 5.89. The fraction of sp³-hybridized carbons (Fsp3) is 0.294. The topological polar surface area (TPSA) is 128 Å². The third kappa shape index (κ3) is 4.43. The molecular weight excluding hydrogens is 326 g/mol. The number of carbonyl (C=O) groups excluding carboxylic acids is 2. The second-order valence-corrected chi connectivity index (χ2v) is 5.51. The van der Waals surface area contributed by atoms with Gasteiger partial charge in [-0.1, -0.05) is 25.5 Å². The van der Waals surface area contributed by atoms with Crippen LogP contribution < -0.4 is 16.1 Å². The van der Waals surface area contributed by atoms with E-state index >= 15 is 0 Å². The lowest BCUT2D eigenvalue weighted by atomic mass is 10.1. The van der Waals surface area contributed by atoms with E-state index < -0.39 is 35.8 Å². The molecular formula is C17H19N3O5. The summed E-state index contributed by atoms with van der Waals surface area (Å²) in [6, 6.07) is 5.76. The first-order valence-corrected chi connectivity index (χ1v) is 7.84. The third-order valence-electron chi connectivity index (χ3n) is 3.65. The van der Waals surface area contributed by atoms with Crippen molar-refractivity contribution in [2.45, 2.75) is 25.8 Å². The second-order valence-electron chi connectivity index (χ2n) is 5.51. The first kappa shape index (κ1) is 18.2. The Bertz CT molecular complexity index is 859. The number of pyridine rings is 1. The van der Waals surface area contributed by atoms with Gasteiger partial charge in [0, 0.05) is 17.1 Å². The van der Waals surface area contributed by atoms with Crippen molar-refractivity contribution in [3.63, 3.8) is 0 Å². The van der Waals surface area contributed by atoms with E-state index in [9.17, 15) is 19.2 Å². The number of carboxylic acids is 1. The Labute approximate surface area is 143 Å². The summed E-state index contributed by atoms with van der Waals surface area (Å²) >= 11 is 0. The van der Waals surface area contributed by atoms with Crippen molar-refractivity contribution in [2.75, 3.05) is 6.54 Å². The van der Waals surface area contributed by atoms with E-state index in [1.165, 1.54) is 6.20 Å². The molecule has 0 aliphatic heterocycles. The van der Waals surface area contributed by atoms with Crippen molar-refractivity contribution in [3.8, 4) is 0 Å². The summed E-state index contributed by atoms with van der Waals surface area (Å²) < 4.78 is 0. The number of rotatable bonds is 7. The number of fused-ring (bicyclic) bond motifs is 1. The van der Waals surface area contributed by atoms with Gasteiger partial charge in [-0.25, -0.2) is 4.79 Å². The minimum atomic E-state index is -1.13. The molecule has 132 valence electrons. The molecule has 0 saturated carbocycles. The number of amides is 2. The highest BCUT2D eigenvalue weighted by Gasteiger charge is 2.19. The Morgan fingerprint density at radius 1 is 1.24 bits per heavy atom. The fourth-order valence-electron chi connectivity index (χ4n) is 2.38. The molecule has 1 aromatic carbocycles. The zero-order chi connectivity index (χ0) is 18.4. The molecule has 2 aromatic rings. The molecule has 1 atom stereocenters. The van der Waals surface area contributed by atoms with Crippen LogP contribution in [0.1, 0.15) is 30.1 Å². The standard InChI is InChI=1S/C17H19N3O5/c1-2-5-13(17(24)25)20-14(21)9-19-16(23)11-8-18-12-7-4-3-6-10(12)15(11)22/h3-4,6-8,13H,2,5,9H2,1H3,(H,18,22)(H,19,23)(H,20,21)(H,24,25). The zero-order valence-corrected chi connectivity index (χ0v) is 13.7. The highest BCUT2D eigenvalue weighted by molar-refractivity contribution is 5.99. The maximum Gasteiger partial charge on any atom is 0.326 e. The lowest BCUT2D eigenvalue weighted by Gasteiger charge is -2.13. The van der Waals surface area contributed by atoms with Crippen molar-refractivity contribution in [1.29, 1.82) is 0 Å². The van der Waals surface area contributed by atoms with Gasteiger partial charge in [0.05, 0.1) is 6.54 Å². The van der Waals surface area contributed by atoms with Gasteiger partial charge in [0.15, 0.2) is 0 Å². The molecule has 1 aromatic heterocycles. The van der Waals surface area contributed by atoms with Crippen LogP contribution in [0.15, 0.2) is 35.3 Å². The Hall–Kier alpha value is -3.16. The van der Waals surface area contributed by atoms with Crippen LogP contribution in [0.5, 0.6) is 0 Å². The van der Waals surface area contributed by atoms with E-state index in [1.54, 1.807) is 31.2 Å². The molecule has 4 N–H and O–H groups in total. The Morgan fingerprint density at radius 3 is 2.64 bits per heavy atom. The molecule has 1 heterocycles. The normalized spacial score (nSPS) is 11.7. The Morgan fingerprint density at radius 2 is 1.96 bits per heavy atom. The maximum atomic E-state index is 12.3. The largest absolute Gasteiger partial charge is 0.480 e. The fourth-order valence-corrected chi connectivity index (χ4v) is 2.38. The molecule has 0 saturated heterocycles. The molecule has 0 aliphatic carbocycles. The number of nitrogens with one attached hydrogen (secondary N) is 3. The minimum Gasteiger partial charge on any atom is -0.480 e. The first-order chi connectivity index (χ1) is 11.9. The molecule has 8 nitrogen and oxygen atoms in total. The maximum absolute atomic E-state index is 12.3. The number of H-pyrrole nitrogens is 1. The molecule has 2 amide bonds. The average molecular weight is 345 g/mol. The van der Waals surface area contributed by atoms with E-state index in [1.807, 2.05) is 0 Å². The number of aliphatic carboxylic acids is 1. The van der Waals surface area contributed by atoms with Gasteiger partial charge in [0.2, 0.25) is 11.3 Å². The van der Waals surface area contributed by atoms with Gasteiger partial charge in [-0.05, 0) is 18.6 Å². The summed E-state index contributed by atoms with van der Waals surface area (Å²) in [6.07, 6.45) is 2.17. The average Bonchev–Trinajstić information content (AvgIpc) is 2.59. The van der Waals surface area contributed by atoms with Gasteiger partial charge in [-0.2, -0.15) is 0 Å². The lowest BCUT2D eigenvalue weighted by Crippen LogP contribution is -2.45. The number of hydrogen-bond donors (Lipinski definition) is 4. The van der Waals surface area contributed by atoms with Gasteiger partial charge in [0.25, 0.3) is 5.91 Å². The third-order valence-corrected chi connectivity index (χ3v) is 3.65. The molecule has 0 radical (unpaired) electrons. The van der Waals surface area contributed by atoms with Crippen LogP contribution in [0.2, 0.25) is 0 Å². The number of aromatic amines is 1. The molecule has 0 bridgehead atoms. The van der Waals surface area contributed by atoms with Gasteiger partial charge in [-0.15, -0.1) is 0 Å². The summed E-state index contributed by atoms with van der Waals surface area (Å²) in [5.74, 6) is -2.47. The molecule has 0 aliphatic rings. The molecule has 0 fully saturated rings. The second kappa shape index (κ2) is 8.09. The number of carbonyl (C=O) groups is 3. The number of benzene rings is 1. The SMILES string of the molecule is CCCC(NC(=O)CNC(=O)c1c[nH]c2ccccc2c1=O)C(=O)O. The van der Waals surface area contributed by atoms with Gasteiger partial charge < -0.3 is 20.7 Å². The summed E-state index contributed by atoms with van der Waals surface area (Å²) in [5.41, 5.74) is 0.0437. The van der Waals surface area contributed by atoms with Crippen molar-refractivity contribution < 1.29 is 19.5 Å². The predicted molar refractivity (Wildman–Crippen MR) is 91.4 cm³/mol. The molecule has 0 spiro atoms. The molecule has 2 rings (SSSR count). The summed E-state index contributed by atoms with van der Waals surface area (Å²) in [7, 11) is 0. The van der Waals surface area contributed by atoms with Crippen LogP contribution in [0.4, 0.5) is 0 Å². The van der Waals surface area contributed by atoms with Crippen LogP contribution in [-0.2, 0) is 9.59 Å². The van der Waals surface area contributed by atoms with Crippen molar-refractivity contribution in [2.24, 2.45) is 0 Å². The van der Waals surface area contributed by atoms with Crippen LogP contribution >= 0.6 is 0 Å². The molecule has 1 unspecified atom stereocenters.